The van der Waals surface area contributed by atoms with E-state index in [1.54, 1.807) is 12.1 Å². The van der Waals surface area contributed by atoms with E-state index in [2.05, 4.69) is 30.8 Å². The van der Waals surface area contributed by atoms with Crippen molar-refractivity contribution in [3.8, 4) is 0 Å². The van der Waals surface area contributed by atoms with Gasteiger partial charge in [-0.15, -0.1) is 0 Å². The number of piperidine rings is 1. The van der Waals surface area contributed by atoms with Crippen molar-refractivity contribution in [3.63, 3.8) is 0 Å². The van der Waals surface area contributed by atoms with E-state index >= 15 is 0 Å². The van der Waals surface area contributed by atoms with Crippen molar-refractivity contribution in [2.45, 2.75) is 44.7 Å². The number of halogens is 1. The molecule has 3 nitrogen and oxygen atoms in total. The summed E-state index contributed by atoms with van der Waals surface area (Å²) in [6.07, 6.45) is 3.83. The van der Waals surface area contributed by atoms with Crippen molar-refractivity contribution in [1.29, 1.82) is 0 Å². The van der Waals surface area contributed by atoms with Gasteiger partial charge < -0.3 is 15.5 Å². The fraction of sp³-hybridized carbons (Fsp3) is 0.647. The zero-order valence-electron chi connectivity index (χ0n) is 13.5. The standard InChI is InChI=1S/C17H28FN3/c1-4-14(19)12-13-6-5-7-16(18)17(13)21-10-8-15(9-11-21)20(2)3/h5-7,14-15H,4,8-12,19H2,1-3H3. The summed E-state index contributed by atoms with van der Waals surface area (Å²) in [5, 5.41) is 0. The lowest BCUT2D eigenvalue weighted by Gasteiger charge is -2.37. The molecule has 0 amide bonds. The first kappa shape index (κ1) is 16.2. The first-order valence-corrected chi connectivity index (χ1v) is 7.97. The Bertz CT molecular complexity index is 453. The van der Waals surface area contributed by atoms with Gasteiger partial charge in [0, 0.05) is 25.2 Å². The van der Waals surface area contributed by atoms with Gasteiger partial charge in [-0.1, -0.05) is 19.1 Å². The molecule has 118 valence electrons. The van der Waals surface area contributed by atoms with Gasteiger partial charge in [-0.2, -0.15) is 0 Å². The molecule has 1 aromatic rings. The molecule has 1 aliphatic rings. The molecule has 4 heteroatoms. The highest BCUT2D eigenvalue weighted by molar-refractivity contribution is 5.55. The van der Waals surface area contributed by atoms with Crippen LogP contribution in [0.2, 0.25) is 0 Å². The van der Waals surface area contributed by atoms with Crippen LogP contribution in [0.15, 0.2) is 18.2 Å². The van der Waals surface area contributed by atoms with Gasteiger partial charge in [0.25, 0.3) is 0 Å². The Morgan fingerprint density at radius 2 is 2.00 bits per heavy atom. The van der Waals surface area contributed by atoms with Crippen molar-refractivity contribution in [1.82, 2.24) is 4.90 Å². The Morgan fingerprint density at radius 1 is 1.33 bits per heavy atom. The molecule has 1 aliphatic heterocycles. The first-order chi connectivity index (χ1) is 10.0. The van der Waals surface area contributed by atoms with E-state index in [9.17, 15) is 4.39 Å². The minimum atomic E-state index is -0.112. The fourth-order valence-electron chi connectivity index (χ4n) is 3.11. The Hall–Kier alpha value is -1.13. The summed E-state index contributed by atoms with van der Waals surface area (Å²) in [5.74, 6) is -0.112. The van der Waals surface area contributed by atoms with Gasteiger partial charge in [0.1, 0.15) is 5.82 Å². The molecule has 0 aromatic heterocycles. The summed E-state index contributed by atoms with van der Waals surface area (Å²) >= 11 is 0. The molecule has 0 aliphatic carbocycles. The van der Waals surface area contributed by atoms with Crippen molar-refractivity contribution in [3.05, 3.63) is 29.6 Å². The number of hydrogen-bond acceptors (Lipinski definition) is 3. The first-order valence-electron chi connectivity index (χ1n) is 7.97. The van der Waals surface area contributed by atoms with E-state index in [1.807, 2.05) is 6.07 Å². The quantitative estimate of drug-likeness (QED) is 0.906. The van der Waals surface area contributed by atoms with Crippen LogP contribution in [0.5, 0.6) is 0 Å². The van der Waals surface area contributed by atoms with E-state index in [4.69, 9.17) is 5.73 Å². The number of nitrogens with zero attached hydrogens (tertiary/aromatic N) is 2. The van der Waals surface area contributed by atoms with Gasteiger partial charge in [-0.25, -0.2) is 4.39 Å². The number of nitrogens with two attached hydrogens (primary N) is 1. The maximum atomic E-state index is 14.4. The van der Waals surface area contributed by atoms with Gasteiger partial charge >= 0.3 is 0 Å². The third kappa shape index (κ3) is 3.95. The molecular formula is C17H28FN3. The Morgan fingerprint density at radius 3 is 2.57 bits per heavy atom. The largest absolute Gasteiger partial charge is 0.369 e. The molecule has 0 radical (unpaired) electrons. The van der Waals surface area contributed by atoms with Crippen molar-refractivity contribution in [2.75, 3.05) is 32.1 Å². The van der Waals surface area contributed by atoms with Gasteiger partial charge in [0.05, 0.1) is 5.69 Å². The van der Waals surface area contributed by atoms with Crippen molar-refractivity contribution >= 4 is 5.69 Å². The van der Waals surface area contributed by atoms with Crippen LogP contribution in [-0.4, -0.2) is 44.2 Å². The second-order valence-electron chi connectivity index (χ2n) is 6.30. The minimum absolute atomic E-state index is 0.102. The van der Waals surface area contributed by atoms with Crippen molar-refractivity contribution in [2.24, 2.45) is 5.73 Å². The molecule has 2 N–H and O–H groups in total. The average Bonchev–Trinajstić information content (AvgIpc) is 2.47. The predicted molar refractivity (Wildman–Crippen MR) is 87.3 cm³/mol. The lowest BCUT2D eigenvalue weighted by Crippen LogP contribution is -2.42. The molecule has 0 bridgehead atoms. The third-order valence-corrected chi connectivity index (χ3v) is 4.59. The molecular weight excluding hydrogens is 265 g/mol. The second-order valence-corrected chi connectivity index (χ2v) is 6.30. The summed E-state index contributed by atoms with van der Waals surface area (Å²) in [5.41, 5.74) is 7.89. The van der Waals surface area contributed by atoms with Crippen LogP contribution >= 0.6 is 0 Å². The molecule has 1 unspecified atom stereocenters. The zero-order valence-corrected chi connectivity index (χ0v) is 13.5. The summed E-state index contributed by atoms with van der Waals surface area (Å²) in [6.45, 7) is 3.91. The normalized spacial score (nSPS) is 18.3. The number of para-hydroxylation sites is 1. The second kappa shape index (κ2) is 7.23. The minimum Gasteiger partial charge on any atom is -0.369 e. The summed E-state index contributed by atoms with van der Waals surface area (Å²) < 4.78 is 14.4. The molecule has 1 aromatic carbocycles. The molecule has 0 saturated carbocycles. The Balaban J connectivity index is 2.15. The van der Waals surface area contributed by atoms with Crippen LogP contribution in [0, 0.1) is 5.82 Å². The fourth-order valence-corrected chi connectivity index (χ4v) is 3.11. The van der Waals surface area contributed by atoms with Crippen LogP contribution in [0.4, 0.5) is 10.1 Å². The number of benzene rings is 1. The molecule has 1 fully saturated rings. The van der Waals surface area contributed by atoms with Crippen LogP contribution in [-0.2, 0) is 6.42 Å². The zero-order chi connectivity index (χ0) is 15.4. The molecule has 1 saturated heterocycles. The smallest absolute Gasteiger partial charge is 0.146 e. The summed E-state index contributed by atoms with van der Waals surface area (Å²) in [4.78, 5) is 4.47. The molecule has 0 spiro atoms. The third-order valence-electron chi connectivity index (χ3n) is 4.59. The lowest BCUT2D eigenvalue weighted by molar-refractivity contribution is 0.249. The van der Waals surface area contributed by atoms with Crippen LogP contribution in [0.3, 0.4) is 0 Å². The Kier molecular flexibility index (Phi) is 5.59. The predicted octanol–water partition coefficient (Wildman–Crippen LogP) is 2.64. The lowest BCUT2D eigenvalue weighted by atomic mass is 9.98. The highest BCUT2D eigenvalue weighted by Crippen LogP contribution is 2.29. The van der Waals surface area contributed by atoms with Gasteiger partial charge in [-0.3, -0.25) is 0 Å². The number of anilines is 1. The van der Waals surface area contributed by atoms with Gasteiger partial charge in [-0.05, 0) is 51.4 Å². The van der Waals surface area contributed by atoms with Crippen LogP contribution in [0.1, 0.15) is 31.7 Å². The molecule has 2 rings (SSSR count). The SMILES string of the molecule is CCC(N)Cc1cccc(F)c1N1CCC(N(C)C)CC1. The highest BCUT2D eigenvalue weighted by Gasteiger charge is 2.24. The number of hydrogen-bond donors (Lipinski definition) is 1. The van der Waals surface area contributed by atoms with Gasteiger partial charge in [0.15, 0.2) is 0 Å². The molecule has 1 atom stereocenters. The van der Waals surface area contributed by atoms with Crippen molar-refractivity contribution < 1.29 is 4.39 Å². The van der Waals surface area contributed by atoms with Gasteiger partial charge in [0.2, 0.25) is 0 Å². The molecule has 21 heavy (non-hydrogen) atoms. The van der Waals surface area contributed by atoms with E-state index in [0.29, 0.717) is 6.04 Å². The van der Waals surface area contributed by atoms with E-state index in [1.165, 1.54) is 0 Å². The summed E-state index contributed by atoms with van der Waals surface area (Å²) in [6, 6.07) is 6.09. The topological polar surface area (TPSA) is 32.5 Å². The highest BCUT2D eigenvalue weighted by atomic mass is 19.1. The Labute approximate surface area is 127 Å². The van der Waals surface area contributed by atoms with Crippen LogP contribution in [0.25, 0.3) is 0 Å². The maximum absolute atomic E-state index is 14.4. The number of rotatable bonds is 5. The van der Waals surface area contributed by atoms with E-state index in [-0.39, 0.29) is 11.9 Å². The monoisotopic (exact) mass is 293 g/mol. The van der Waals surface area contributed by atoms with E-state index < -0.39 is 0 Å². The maximum Gasteiger partial charge on any atom is 0.146 e. The molecule has 1 heterocycles. The summed E-state index contributed by atoms with van der Waals surface area (Å²) in [7, 11) is 4.24. The average molecular weight is 293 g/mol. The van der Waals surface area contributed by atoms with E-state index in [0.717, 1.165) is 50.0 Å². The van der Waals surface area contributed by atoms with Crippen LogP contribution < -0.4 is 10.6 Å².